The Labute approximate surface area is 88.9 Å². The van der Waals surface area contributed by atoms with E-state index < -0.39 is 0 Å². The van der Waals surface area contributed by atoms with E-state index in [1.54, 1.807) is 6.07 Å². The van der Waals surface area contributed by atoms with Gasteiger partial charge in [0.2, 0.25) is 0 Å². The number of nitrogens with one attached hydrogen (secondary N) is 2. The van der Waals surface area contributed by atoms with Crippen LogP contribution in [-0.4, -0.2) is 19.1 Å². The van der Waals surface area contributed by atoms with Gasteiger partial charge in [-0.2, -0.15) is 0 Å². The van der Waals surface area contributed by atoms with Crippen molar-refractivity contribution in [2.75, 3.05) is 18.4 Å². The van der Waals surface area contributed by atoms with Crippen LogP contribution >= 0.6 is 0 Å². The summed E-state index contributed by atoms with van der Waals surface area (Å²) in [4.78, 5) is 0. The second-order valence-electron chi connectivity index (χ2n) is 4.51. The van der Waals surface area contributed by atoms with Gasteiger partial charge in [-0.05, 0) is 49.1 Å². The van der Waals surface area contributed by atoms with Gasteiger partial charge in [0.15, 0.2) is 0 Å². The number of piperidine rings is 1. The maximum Gasteiger partial charge on any atom is 0.123 e. The fraction of sp³-hybridized carbons (Fsp3) is 0.500. The average Bonchev–Trinajstić information content (AvgIpc) is 2.26. The molecule has 2 unspecified atom stereocenters. The predicted octanol–water partition coefficient (Wildman–Crippen LogP) is 1.77. The Morgan fingerprint density at radius 3 is 3.20 bits per heavy atom. The number of fused-ring (bicyclic) bond motifs is 2. The van der Waals surface area contributed by atoms with Crippen molar-refractivity contribution in [1.29, 1.82) is 0 Å². The summed E-state index contributed by atoms with van der Waals surface area (Å²) in [5.74, 6) is 0.545. The zero-order valence-corrected chi connectivity index (χ0v) is 8.59. The van der Waals surface area contributed by atoms with Crippen LogP contribution in [0.5, 0.6) is 0 Å². The fourth-order valence-electron chi connectivity index (χ4n) is 2.68. The van der Waals surface area contributed by atoms with Crippen LogP contribution < -0.4 is 10.6 Å². The molecular formula is C12H15FN2. The highest BCUT2D eigenvalue weighted by Crippen LogP contribution is 2.31. The minimum Gasteiger partial charge on any atom is -0.381 e. The van der Waals surface area contributed by atoms with Crippen molar-refractivity contribution < 1.29 is 4.39 Å². The molecule has 2 nitrogen and oxygen atoms in total. The molecule has 3 heteroatoms. The molecule has 0 aromatic heterocycles. The number of rotatable bonds is 0. The lowest BCUT2D eigenvalue weighted by Gasteiger charge is -2.38. The van der Waals surface area contributed by atoms with Crippen molar-refractivity contribution in [3.63, 3.8) is 0 Å². The van der Waals surface area contributed by atoms with E-state index in [1.807, 2.05) is 6.07 Å². The van der Waals surface area contributed by atoms with Crippen molar-refractivity contribution in [2.24, 2.45) is 5.92 Å². The molecule has 80 valence electrons. The van der Waals surface area contributed by atoms with Gasteiger partial charge in [-0.15, -0.1) is 0 Å². The molecule has 0 amide bonds. The molecule has 2 aliphatic heterocycles. The molecule has 1 saturated heterocycles. The highest BCUT2D eigenvalue weighted by atomic mass is 19.1. The van der Waals surface area contributed by atoms with Gasteiger partial charge in [0.1, 0.15) is 5.82 Å². The number of hydrogen-bond donors (Lipinski definition) is 2. The summed E-state index contributed by atoms with van der Waals surface area (Å²) in [6.07, 6.45) is 2.21. The van der Waals surface area contributed by atoms with Crippen LogP contribution in [0.15, 0.2) is 18.2 Å². The molecule has 0 saturated carbocycles. The third kappa shape index (κ3) is 1.61. The number of benzene rings is 1. The normalized spacial score (nSPS) is 28.9. The van der Waals surface area contributed by atoms with Crippen molar-refractivity contribution in [3.8, 4) is 0 Å². The minimum atomic E-state index is -0.122. The second-order valence-corrected chi connectivity index (χ2v) is 4.51. The average molecular weight is 206 g/mol. The summed E-state index contributed by atoms with van der Waals surface area (Å²) < 4.78 is 13.1. The van der Waals surface area contributed by atoms with E-state index in [1.165, 1.54) is 12.5 Å². The van der Waals surface area contributed by atoms with E-state index in [9.17, 15) is 4.39 Å². The van der Waals surface area contributed by atoms with Crippen molar-refractivity contribution in [1.82, 2.24) is 5.32 Å². The summed E-state index contributed by atoms with van der Waals surface area (Å²) >= 11 is 0. The number of hydrogen-bond acceptors (Lipinski definition) is 2. The van der Waals surface area contributed by atoms with Crippen LogP contribution in [0.25, 0.3) is 0 Å². The molecule has 1 aromatic rings. The quantitative estimate of drug-likeness (QED) is 0.676. The lowest BCUT2D eigenvalue weighted by atomic mass is 9.83. The molecule has 2 atom stereocenters. The molecule has 2 aliphatic rings. The van der Waals surface area contributed by atoms with Crippen LogP contribution in [0.4, 0.5) is 10.1 Å². The van der Waals surface area contributed by atoms with Gasteiger partial charge in [-0.3, -0.25) is 0 Å². The van der Waals surface area contributed by atoms with Crippen LogP contribution in [0.2, 0.25) is 0 Å². The molecule has 0 spiro atoms. The molecule has 1 fully saturated rings. The van der Waals surface area contributed by atoms with E-state index in [-0.39, 0.29) is 5.82 Å². The zero-order chi connectivity index (χ0) is 10.3. The molecule has 3 rings (SSSR count). The van der Waals surface area contributed by atoms with Gasteiger partial charge in [-0.25, -0.2) is 4.39 Å². The van der Waals surface area contributed by atoms with Crippen LogP contribution in [-0.2, 0) is 6.42 Å². The Morgan fingerprint density at radius 2 is 2.27 bits per heavy atom. The maximum atomic E-state index is 13.1. The molecular weight excluding hydrogens is 191 g/mol. The van der Waals surface area contributed by atoms with Crippen molar-refractivity contribution >= 4 is 5.69 Å². The standard InChI is InChI=1S/C12H15FN2/c13-10-1-2-11-9(6-10)5-8-3-4-14-7-12(8)15-11/h1-2,6,8,12,14-15H,3-5,7H2. The molecule has 15 heavy (non-hydrogen) atoms. The third-order valence-corrected chi connectivity index (χ3v) is 3.52. The van der Waals surface area contributed by atoms with E-state index in [2.05, 4.69) is 10.6 Å². The zero-order valence-electron chi connectivity index (χ0n) is 8.59. The SMILES string of the molecule is Fc1ccc2c(c1)CC1CCNCC1N2. The van der Waals surface area contributed by atoms with E-state index >= 15 is 0 Å². The molecule has 0 radical (unpaired) electrons. The van der Waals surface area contributed by atoms with Crippen LogP contribution in [0.3, 0.4) is 0 Å². The Morgan fingerprint density at radius 1 is 1.33 bits per heavy atom. The van der Waals surface area contributed by atoms with Gasteiger partial charge >= 0.3 is 0 Å². The summed E-state index contributed by atoms with van der Waals surface area (Å²) in [5.41, 5.74) is 2.25. The van der Waals surface area contributed by atoms with Gasteiger partial charge in [0.05, 0.1) is 0 Å². The first-order valence-electron chi connectivity index (χ1n) is 5.58. The van der Waals surface area contributed by atoms with E-state index in [0.29, 0.717) is 12.0 Å². The summed E-state index contributed by atoms with van der Waals surface area (Å²) in [6.45, 7) is 2.12. The summed E-state index contributed by atoms with van der Waals surface area (Å²) in [7, 11) is 0. The second kappa shape index (κ2) is 3.49. The highest BCUT2D eigenvalue weighted by molar-refractivity contribution is 5.54. The largest absolute Gasteiger partial charge is 0.381 e. The minimum absolute atomic E-state index is 0.122. The number of halogens is 1. The van der Waals surface area contributed by atoms with Gasteiger partial charge < -0.3 is 10.6 Å². The molecule has 1 aromatic carbocycles. The highest BCUT2D eigenvalue weighted by Gasteiger charge is 2.29. The Hall–Kier alpha value is -1.09. The summed E-state index contributed by atoms with van der Waals surface area (Å²) in [5, 5.41) is 6.89. The smallest absolute Gasteiger partial charge is 0.123 e. The van der Waals surface area contributed by atoms with Crippen LogP contribution in [0, 0.1) is 11.7 Å². The van der Waals surface area contributed by atoms with Crippen molar-refractivity contribution in [3.05, 3.63) is 29.6 Å². The van der Waals surface area contributed by atoms with Gasteiger partial charge in [0, 0.05) is 18.3 Å². The maximum absolute atomic E-state index is 13.1. The molecule has 2 N–H and O–H groups in total. The fourth-order valence-corrected chi connectivity index (χ4v) is 2.68. The first-order valence-corrected chi connectivity index (χ1v) is 5.58. The van der Waals surface area contributed by atoms with Crippen LogP contribution in [0.1, 0.15) is 12.0 Å². The molecule has 2 heterocycles. The summed E-state index contributed by atoms with van der Waals surface area (Å²) in [6, 6.07) is 5.58. The Bertz CT molecular complexity index is 378. The third-order valence-electron chi connectivity index (χ3n) is 3.52. The Balaban J connectivity index is 1.92. The van der Waals surface area contributed by atoms with Gasteiger partial charge in [-0.1, -0.05) is 0 Å². The number of anilines is 1. The topological polar surface area (TPSA) is 24.1 Å². The first-order chi connectivity index (χ1) is 7.33. The van der Waals surface area contributed by atoms with Crippen molar-refractivity contribution in [2.45, 2.75) is 18.9 Å². The lowest BCUT2D eigenvalue weighted by molar-refractivity contribution is 0.330. The first kappa shape index (κ1) is 9.16. The van der Waals surface area contributed by atoms with E-state index in [4.69, 9.17) is 0 Å². The predicted molar refractivity (Wildman–Crippen MR) is 58.5 cm³/mol. The van der Waals surface area contributed by atoms with Gasteiger partial charge in [0.25, 0.3) is 0 Å². The lowest BCUT2D eigenvalue weighted by Crippen LogP contribution is -2.48. The Kier molecular flexibility index (Phi) is 2.13. The molecule has 0 aliphatic carbocycles. The monoisotopic (exact) mass is 206 g/mol. The molecule has 0 bridgehead atoms. The van der Waals surface area contributed by atoms with E-state index in [0.717, 1.165) is 30.8 Å².